The maximum absolute atomic E-state index is 12.3. The summed E-state index contributed by atoms with van der Waals surface area (Å²) in [7, 11) is 0. The summed E-state index contributed by atoms with van der Waals surface area (Å²) < 4.78 is 3.33. The van der Waals surface area contributed by atoms with E-state index in [4.69, 9.17) is 0 Å². The fraction of sp³-hybridized carbons (Fsp3) is 0.250. The Labute approximate surface area is 122 Å². The van der Waals surface area contributed by atoms with E-state index in [1.165, 1.54) is 5.56 Å². The molecule has 21 heavy (non-hydrogen) atoms. The van der Waals surface area contributed by atoms with Gasteiger partial charge in [-0.25, -0.2) is 4.52 Å². The van der Waals surface area contributed by atoms with Crippen molar-refractivity contribution in [2.75, 3.05) is 11.9 Å². The van der Waals surface area contributed by atoms with E-state index in [1.54, 1.807) is 15.3 Å². The number of benzene rings is 1. The number of hydrogen-bond acceptors (Lipinski definition) is 3. The molecule has 3 aromatic rings. The van der Waals surface area contributed by atoms with Crippen molar-refractivity contribution in [1.29, 1.82) is 0 Å². The summed E-state index contributed by atoms with van der Waals surface area (Å²) in [5.41, 5.74) is 3.75. The SMILES string of the molecule is Cc1cccc(NCCn2ccn3nc(C)cc3c2=O)c1. The maximum Gasteiger partial charge on any atom is 0.276 e. The Morgan fingerprint density at radius 2 is 2.05 bits per heavy atom. The van der Waals surface area contributed by atoms with E-state index in [1.807, 2.05) is 31.3 Å². The summed E-state index contributed by atoms with van der Waals surface area (Å²) >= 11 is 0. The van der Waals surface area contributed by atoms with Gasteiger partial charge < -0.3 is 9.88 Å². The lowest BCUT2D eigenvalue weighted by molar-refractivity contribution is 0.688. The first-order valence-electron chi connectivity index (χ1n) is 6.99. The van der Waals surface area contributed by atoms with Crippen molar-refractivity contribution >= 4 is 11.2 Å². The average molecular weight is 282 g/mol. The molecule has 0 unspecified atom stereocenters. The van der Waals surface area contributed by atoms with Crippen LogP contribution in [0.3, 0.4) is 0 Å². The van der Waals surface area contributed by atoms with Gasteiger partial charge in [0.2, 0.25) is 0 Å². The van der Waals surface area contributed by atoms with Crippen molar-refractivity contribution in [2.24, 2.45) is 0 Å². The number of aromatic nitrogens is 3. The minimum absolute atomic E-state index is 0.0101. The molecule has 5 nitrogen and oxygen atoms in total. The van der Waals surface area contributed by atoms with Crippen molar-refractivity contribution in [2.45, 2.75) is 20.4 Å². The van der Waals surface area contributed by atoms with Gasteiger partial charge in [-0.15, -0.1) is 0 Å². The lowest BCUT2D eigenvalue weighted by Gasteiger charge is -2.09. The number of hydrogen-bond donors (Lipinski definition) is 1. The lowest BCUT2D eigenvalue weighted by atomic mass is 10.2. The van der Waals surface area contributed by atoms with Gasteiger partial charge in [0.15, 0.2) is 0 Å². The van der Waals surface area contributed by atoms with Crippen LogP contribution in [0, 0.1) is 13.8 Å². The normalized spacial score (nSPS) is 11.0. The Morgan fingerprint density at radius 3 is 2.86 bits per heavy atom. The Morgan fingerprint density at radius 1 is 1.19 bits per heavy atom. The van der Waals surface area contributed by atoms with Crippen LogP contribution in [0.4, 0.5) is 5.69 Å². The fourth-order valence-electron chi connectivity index (χ4n) is 2.40. The molecule has 108 valence electrons. The topological polar surface area (TPSA) is 51.3 Å². The summed E-state index contributed by atoms with van der Waals surface area (Å²) in [5.74, 6) is 0. The van der Waals surface area contributed by atoms with Crippen LogP contribution < -0.4 is 10.9 Å². The fourth-order valence-corrected chi connectivity index (χ4v) is 2.40. The van der Waals surface area contributed by atoms with Crippen LogP contribution in [0.1, 0.15) is 11.3 Å². The Bertz CT molecular complexity index is 832. The maximum atomic E-state index is 12.3. The minimum Gasteiger partial charge on any atom is -0.383 e. The van der Waals surface area contributed by atoms with Crippen molar-refractivity contribution < 1.29 is 0 Å². The quantitative estimate of drug-likeness (QED) is 0.798. The van der Waals surface area contributed by atoms with Crippen LogP contribution in [0.5, 0.6) is 0 Å². The number of nitrogens with zero attached hydrogens (tertiary/aromatic N) is 3. The third-order valence-corrected chi connectivity index (χ3v) is 3.43. The molecule has 0 radical (unpaired) electrons. The molecular weight excluding hydrogens is 264 g/mol. The van der Waals surface area contributed by atoms with E-state index < -0.39 is 0 Å². The zero-order valence-electron chi connectivity index (χ0n) is 12.2. The first-order chi connectivity index (χ1) is 10.1. The van der Waals surface area contributed by atoms with Gasteiger partial charge in [-0.3, -0.25) is 4.79 Å². The zero-order valence-corrected chi connectivity index (χ0v) is 12.2. The standard InChI is InChI=1S/C16H18N4O/c1-12-4-3-5-14(10-12)17-6-7-19-8-9-20-15(16(19)21)11-13(2)18-20/h3-5,8-11,17H,6-7H2,1-2H3. The molecular formula is C16H18N4O. The average Bonchev–Trinajstić information content (AvgIpc) is 2.83. The lowest BCUT2D eigenvalue weighted by Crippen LogP contribution is -2.24. The summed E-state index contributed by atoms with van der Waals surface area (Å²) in [5, 5.41) is 7.57. The molecule has 5 heteroatoms. The van der Waals surface area contributed by atoms with E-state index in [0.717, 1.165) is 11.4 Å². The van der Waals surface area contributed by atoms with Gasteiger partial charge in [0.25, 0.3) is 5.56 Å². The second kappa shape index (κ2) is 5.44. The van der Waals surface area contributed by atoms with Crippen LogP contribution in [0.2, 0.25) is 0 Å². The number of nitrogens with one attached hydrogen (secondary N) is 1. The first-order valence-corrected chi connectivity index (χ1v) is 6.99. The predicted molar refractivity (Wildman–Crippen MR) is 83.9 cm³/mol. The predicted octanol–water partition coefficient (Wildman–Crippen LogP) is 2.22. The van der Waals surface area contributed by atoms with E-state index in [2.05, 4.69) is 29.5 Å². The molecule has 1 aromatic carbocycles. The number of anilines is 1. The van der Waals surface area contributed by atoms with E-state index >= 15 is 0 Å². The van der Waals surface area contributed by atoms with E-state index in [0.29, 0.717) is 18.6 Å². The van der Waals surface area contributed by atoms with Gasteiger partial charge in [0.05, 0.1) is 5.69 Å². The van der Waals surface area contributed by atoms with E-state index in [9.17, 15) is 4.79 Å². The Balaban J connectivity index is 1.73. The Kier molecular flexibility index (Phi) is 3.48. The molecule has 0 spiro atoms. The second-order valence-electron chi connectivity index (χ2n) is 5.21. The van der Waals surface area contributed by atoms with Gasteiger partial charge in [-0.05, 0) is 37.6 Å². The minimum atomic E-state index is -0.0101. The van der Waals surface area contributed by atoms with E-state index in [-0.39, 0.29) is 5.56 Å². The largest absolute Gasteiger partial charge is 0.383 e. The van der Waals surface area contributed by atoms with Crippen molar-refractivity contribution in [3.05, 3.63) is 64.3 Å². The van der Waals surface area contributed by atoms with Crippen molar-refractivity contribution in [3.63, 3.8) is 0 Å². The monoisotopic (exact) mass is 282 g/mol. The van der Waals surface area contributed by atoms with Crippen LogP contribution in [0.25, 0.3) is 5.52 Å². The molecule has 3 rings (SSSR count). The van der Waals surface area contributed by atoms with Gasteiger partial charge in [0.1, 0.15) is 5.52 Å². The van der Waals surface area contributed by atoms with Crippen LogP contribution in [0.15, 0.2) is 47.5 Å². The molecule has 0 atom stereocenters. The highest BCUT2D eigenvalue weighted by Gasteiger charge is 2.04. The van der Waals surface area contributed by atoms with Gasteiger partial charge in [0, 0.05) is 31.2 Å². The highest BCUT2D eigenvalue weighted by Crippen LogP contribution is 2.08. The molecule has 1 N–H and O–H groups in total. The second-order valence-corrected chi connectivity index (χ2v) is 5.21. The third kappa shape index (κ3) is 2.81. The number of aryl methyl sites for hydroxylation is 2. The van der Waals surface area contributed by atoms with Gasteiger partial charge in [-0.2, -0.15) is 5.10 Å². The van der Waals surface area contributed by atoms with Crippen LogP contribution >= 0.6 is 0 Å². The first kappa shape index (κ1) is 13.4. The number of fused-ring (bicyclic) bond motifs is 1. The molecule has 2 aromatic heterocycles. The molecule has 2 heterocycles. The molecule has 0 fully saturated rings. The highest BCUT2D eigenvalue weighted by atomic mass is 16.1. The molecule has 0 bridgehead atoms. The summed E-state index contributed by atoms with van der Waals surface area (Å²) in [6.45, 7) is 5.27. The molecule has 0 amide bonds. The van der Waals surface area contributed by atoms with Crippen LogP contribution in [-0.4, -0.2) is 20.7 Å². The number of rotatable bonds is 4. The molecule has 0 aliphatic carbocycles. The van der Waals surface area contributed by atoms with Crippen LogP contribution in [-0.2, 0) is 6.54 Å². The Hall–Kier alpha value is -2.56. The van der Waals surface area contributed by atoms with Gasteiger partial charge >= 0.3 is 0 Å². The molecule has 0 aliphatic rings. The van der Waals surface area contributed by atoms with Crippen molar-refractivity contribution in [1.82, 2.24) is 14.2 Å². The van der Waals surface area contributed by atoms with Gasteiger partial charge in [-0.1, -0.05) is 12.1 Å². The highest BCUT2D eigenvalue weighted by molar-refractivity contribution is 5.46. The molecule has 0 aliphatic heterocycles. The third-order valence-electron chi connectivity index (χ3n) is 3.43. The summed E-state index contributed by atoms with van der Waals surface area (Å²) in [4.78, 5) is 12.3. The smallest absolute Gasteiger partial charge is 0.276 e. The summed E-state index contributed by atoms with van der Waals surface area (Å²) in [6, 6.07) is 10.0. The van der Waals surface area contributed by atoms with Crippen molar-refractivity contribution in [3.8, 4) is 0 Å². The zero-order chi connectivity index (χ0) is 14.8. The molecule has 0 saturated carbocycles. The molecule has 0 saturated heterocycles. The summed E-state index contributed by atoms with van der Waals surface area (Å²) in [6.07, 6.45) is 3.59.